The van der Waals surface area contributed by atoms with Crippen LogP contribution in [0, 0.1) is 35.5 Å². The molecule has 0 aromatic carbocycles. The van der Waals surface area contributed by atoms with Gasteiger partial charge in [0.1, 0.15) is 0 Å². The molecular weight excluding hydrogens is 224 g/mol. The van der Waals surface area contributed by atoms with Crippen LogP contribution >= 0.6 is 0 Å². The summed E-state index contributed by atoms with van der Waals surface area (Å²) in [5.74, 6) is 3.43. The minimum Gasteiger partial charge on any atom is -0.481 e. The van der Waals surface area contributed by atoms with Gasteiger partial charge in [-0.15, -0.1) is 0 Å². The van der Waals surface area contributed by atoms with Gasteiger partial charge < -0.3 is 5.11 Å². The minimum atomic E-state index is -0.532. The van der Waals surface area contributed by atoms with E-state index in [9.17, 15) is 9.90 Å². The van der Waals surface area contributed by atoms with Crippen molar-refractivity contribution < 1.29 is 9.90 Å². The Labute approximate surface area is 110 Å². The van der Waals surface area contributed by atoms with Gasteiger partial charge in [0.2, 0.25) is 0 Å². The third kappa shape index (κ3) is 2.31. The fourth-order valence-electron chi connectivity index (χ4n) is 5.14. The summed E-state index contributed by atoms with van der Waals surface area (Å²) < 4.78 is 0. The molecule has 0 aromatic heterocycles. The molecule has 0 radical (unpaired) electrons. The van der Waals surface area contributed by atoms with Crippen molar-refractivity contribution >= 4 is 5.97 Å². The van der Waals surface area contributed by atoms with Crippen LogP contribution in [0.2, 0.25) is 0 Å². The van der Waals surface area contributed by atoms with Crippen LogP contribution in [0.3, 0.4) is 0 Å². The Hall–Kier alpha value is -0.530. The molecule has 0 aliphatic heterocycles. The quantitative estimate of drug-likeness (QED) is 0.823. The van der Waals surface area contributed by atoms with E-state index in [0.717, 1.165) is 42.9 Å². The Bertz CT molecular complexity index is 325. The molecule has 3 saturated carbocycles. The molecule has 0 amide bonds. The van der Waals surface area contributed by atoms with E-state index in [1.165, 1.54) is 32.1 Å². The van der Waals surface area contributed by atoms with E-state index >= 15 is 0 Å². The van der Waals surface area contributed by atoms with E-state index in [2.05, 4.69) is 6.92 Å². The number of rotatable bonds is 3. The topological polar surface area (TPSA) is 37.3 Å². The Morgan fingerprint density at radius 2 is 1.89 bits per heavy atom. The molecule has 18 heavy (non-hydrogen) atoms. The van der Waals surface area contributed by atoms with Crippen molar-refractivity contribution in [1.29, 1.82) is 0 Å². The van der Waals surface area contributed by atoms with Gasteiger partial charge in [-0.25, -0.2) is 0 Å². The van der Waals surface area contributed by atoms with E-state index in [1.807, 2.05) is 0 Å². The molecule has 3 rings (SSSR count). The number of carbonyl (C=O) groups is 1. The Morgan fingerprint density at radius 3 is 2.50 bits per heavy atom. The van der Waals surface area contributed by atoms with Gasteiger partial charge in [0, 0.05) is 0 Å². The summed E-state index contributed by atoms with van der Waals surface area (Å²) in [7, 11) is 0. The number of carboxylic acids is 1. The van der Waals surface area contributed by atoms with Gasteiger partial charge in [0.25, 0.3) is 0 Å². The SMILES string of the molecule is CC1CCC(C(=O)O)C(CC2CC3CCC2C3)C1. The molecule has 0 aromatic rings. The maximum atomic E-state index is 11.4. The lowest BCUT2D eigenvalue weighted by Crippen LogP contribution is -2.32. The fourth-order valence-corrected chi connectivity index (χ4v) is 5.14. The Balaban J connectivity index is 1.63. The van der Waals surface area contributed by atoms with Gasteiger partial charge in [0.05, 0.1) is 5.92 Å². The van der Waals surface area contributed by atoms with Crippen molar-refractivity contribution in [2.45, 2.75) is 58.3 Å². The first-order valence-corrected chi connectivity index (χ1v) is 7.86. The van der Waals surface area contributed by atoms with Crippen LogP contribution in [-0.4, -0.2) is 11.1 Å². The Morgan fingerprint density at radius 1 is 1.06 bits per heavy atom. The summed E-state index contributed by atoms with van der Waals surface area (Å²) >= 11 is 0. The largest absolute Gasteiger partial charge is 0.481 e. The van der Waals surface area contributed by atoms with Crippen LogP contribution in [0.15, 0.2) is 0 Å². The van der Waals surface area contributed by atoms with Gasteiger partial charge in [-0.2, -0.15) is 0 Å². The van der Waals surface area contributed by atoms with Crippen LogP contribution in [0.4, 0.5) is 0 Å². The molecule has 0 spiro atoms. The molecular formula is C16H26O2. The lowest BCUT2D eigenvalue weighted by molar-refractivity contribution is -0.145. The van der Waals surface area contributed by atoms with Crippen LogP contribution < -0.4 is 0 Å². The van der Waals surface area contributed by atoms with Crippen molar-refractivity contribution in [3.8, 4) is 0 Å². The maximum Gasteiger partial charge on any atom is 0.306 e. The van der Waals surface area contributed by atoms with Gasteiger partial charge in [0.15, 0.2) is 0 Å². The molecule has 3 fully saturated rings. The van der Waals surface area contributed by atoms with Crippen LogP contribution in [-0.2, 0) is 4.79 Å². The maximum absolute atomic E-state index is 11.4. The number of fused-ring (bicyclic) bond motifs is 2. The molecule has 3 aliphatic rings. The second-order valence-corrected chi connectivity index (χ2v) is 7.29. The molecule has 0 saturated heterocycles. The summed E-state index contributed by atoms with van der Waals surface area (Å²) in [6.45, 7) is 2.30. The zero-order valence-electron chi connectivity index (χ0n) is 11.5. The molecule has 0 heterocycles. The zero-order valence-corrected chi connectivity index (χ0v) is 11.5. The van der Waals surface area contributed by atoms with Gasteiger partial charge in [-0.05, 0) is 74.5 Å². The molecule has 2 bridgehead atoms. The second-order valence-electron chi connectivity index (χ2n) is 7.29. The molecule has 6 unspecified atom stereocenters. The van der Waals surface area contributed by atoms with Gasteiger partial charge in [-0.3, -0.25) is 4.79 Å². The highest BCUT2D eigenvalue weighted by Gasteiger charge is 2.42. The standard InChI is InChI=1S/C16H26O2/c1-10-2-5-15(16(17)18)14(6-10)9-13-8-11-3-4-12(13)7-11/h10-15H,2-9H2,1H3,(H,17,18). The average molecular weight is 250 g/mol. The number of carboxylic acid groups (broad SMARTS) is 1. The molecule has 1 N–H and O–H groups in total. The second kappa shape index (κ2) is 4.86. The molecule has 2 heteroatoms. The third-order valence-electron chi connectivity index (χ3n) is 6.05. The third-order valence-corrected chi connectivity index (χ3v) is 6.05. The van der Waals surface area contributed by atoms with Crippen LogP contribution in [0.25, 0.3) is 0 Å². The van der Waals surface area contributed by atoms with Crippen molar-refractivity contribution in [3.05, 3.63) is 0 Å². The van der Waals surface area contributed by atoms with E-state index in [4.69, 9.17) is 0 Å². The number of aliphatic carboxylic acids is 1. The van der Waals surface area contributed by atoms with Crippen molar-refractivity contribution in [1.82, 2.24) is 0 Å². The first-order valence-electron chi connectivity index (χ1n) is 7.86. The smallest absolute Gasteiger partial charge is 0.306 e. The summed E-state index contributed by atoms with van der Waals surface area (Å²) in [6.07, 6.45) is 10.1. The van der Waals surface area contributed by atoms with E-state index in [0.29, 0.717) is 5.92 Å². The van der Waals surface area contributed by atoms with Gasteiger partial charge in [-0.1, -0.05) is 13.3 Å². The molecule has 102 valence electrons. The van der Waals surface area contributed by atoms with Crippen molar-refractivity contribution in [3.63, 3.8) is 0 Å². The van der Waals surface area contributed by atoms with Crippen molar-refractivity contribution in [2.75, 3.05) is 0 Å². The van der Waals surface area contributed by atoms with Crippen LogP contribution in [0.1, 0.15) is 58.3 Å². The normalized spacial score (nSPS) is 47.4. The lowest BCUT2D eigenvalue weighted by Gasteiger charge is -2.35. The highest BCUT2D eigenvalue weighted by Crippen LogP contribution is 2.52. The van der Waals surface area contributed by atoms with Gasteiger partial charge >= 0.3 is 5.97 Å². The molecule has 6 atom stereocenters. The summed E-state index contributed by atoms with van der Waals surface area (Å²) in [4.78, 5) is 11.4. The van der Waals surface area contributed by atoms with Crippen molar-refractivity contribution in [2.24, 2.45) is 35.5 Å². The van der Waals surface area contributed by atoms with E-state index in [-0.39, 0.29) is 5.92 Å². The number of hydrogen-bond acceptors (Lipinski definition) is 1. The van der Waals surface area contributed by atoms with E-state index < -0.39 is 5.97 Å². The Kier molecular flexibility index (Phi) is 3.38. The first kappa shape index (κ1) is 12.5. The first-order chi connectivity index (χ1) is 8.63. The summed E-state index contributed by atoms with van der Waals surface area (Å²) in [5.41, 5.74) is 0. The zero-order chi connectivity index (χ0) is 12.7. The molecule has 3 aliphatic carbocycles. The van der Waals surface area contributed by atoms with E-state index in [1.54, 1.807) is 0 Å². The summed E-state index contributed by atoms with van der Waals surface area (Å²) in [6, 6.07) is 0. The van der Waals surface area contributed by atoms with Crippen LogP contribution in [0.5, 0.6) is 0 Å². The minimum absolute atomic E-state index is 0.0414. The average Bonchev–Trinajstić information content (AvgIpc) is 2.90. The predicted octanol–water partition coefficient (Wildman–Crippen LogP) is 3.95. The predicted molar refractivity (Wildman–Crippen MR) is 71.2 cm³/mol. The monoisotopic (exact) mass is 250 g/mol. The molecule has 2 nitrogen and oxygen atoms in total. The fraction of sp³-hybridized carbons (Fsp3) is 0.938. The highest BCUT2D eigenvalue weighted by atomic mass is 16.4. The summed E-state index contributed by atoms with van der Waals surface area (Å²) in [5, 5.41) is 9.40. The lowest BCUT2D eigenvalue weighted by atomic mass is 9.69. The highest BCUT2D eigenvalue weighted by molar-refractivity contribution is 5.70. The number of hydrogen-bond donors (Lipinski definition) is 1.